The van der Waals surface area contributed by atoms with Crippen LogP contribution < -0.4 is 16.0 Å². The first kappa shape index (κ1) is 21.1. The Hall–Kier alpha value is -2.90. The van der Waals surface area contributed by atoms with E-state index in [2.05, 4.69) is 16.0 Å². The predicted octanol–water partition coefficient (Wildman–Crippen LogP) is 2.46. The van der Waals surface area contributed by atoms with Crippen LogP contribution in [0.5, 0.6) is 0 Å². The van der Waals surface area contributed by atoms with E-state index in [9.17, 15) is 19.2 Å². The number of amides is 3. The van der Waals surface area contributed by atoms with Crippen molar-refractivity contribution < 1.29 is 23.9 Å². The molecule has 0 aliphatic rings. The molecule has 8 nitrogen and oxygen atoms in total. The molecule has 0 saturated heterocycles. The van der Waals surface area contributed by atoms with Crippen molar-refractivity contribution in [2.75, 3.05) is 17.2 Å². The van der Waals surface area contributed by atoms with E-state index < -0.39 is 17.6 Å². The fourth-order valence-corrected chi connectivity index (χ4v) is 1.86. The largest absolute Gasteiger partial charge is 0.444 e. The normalized spacial score (nSPS) is 10.6. The van der Waals surface area contributed by atoms with Gasteiger partial charge in [-0.1, -0.05) is 12.1 Å². The first-order valence-corrected chi connectivity index (χ1v) is 8.22. The third-order valence-corrected chi connectivity index (χ3v) is 2.97. The van der Waals surface area contributed by atoms with Gasteiger partial charge in [-0.15, -0.1) is 0 Å². The minimum atomic E-state index is -0.696. The van der Waals surface area contributed by atoms with E-state index in [1.807, 2.05) is 0 Å². The molecule has 0 spiro atoms. The van der Waals surface area contributed by atoms with Gasteiger partial charge in [-0.25, -0.2) is 4.79 Å². The van der Waals surface area contributed by atoms with Crippen LogP contribution >= 0.6 is 0 Å². The average molecular weight is 363 g/mol. The molecule has 0 fully saturated rings. The van der Waals surface area contributed by atoms with Crippen LogP contribution in [-0.4, -0.2) is 35.8 Å². The van der Waals surface area contributed by atoms with Crippen LogP contribution in [0.1, 0.15) is 40.5 Å². The molecule has 3 amide bonds. The highest BCUT2D eigenvalue weighted by molar-refractivity contribution is 6.01. The maximum Gasteiger partial charge on any atom is 0.408 e. The SMILES string of the molecule is CC(=O)CCC(=O)Nc1ccccc1NC(=O)CNC(=O)OC(C)(C)C. The molecule has 0 saturated carbocycles. The van der Waals surface area contributed by atoms with Crippen LogP contribution in [0.3, 0.4) is 0 Å². The van der Waals surface area contributed by atoms with Crippen molar-refractivity contribution in [3.05, 3.63) is 24.3 Å². The molecule has 0 aliphatic carbocycles. The summed E-state index contributed by atoms with van der Waals surface area (Å²) in [4.78, 5) is 46.4. The lowest BCUT2D eigenvalue weighted by atomic mass is 10.2. The van der Waals surface area contributed by atoms with Crippen molar-refractivity contribution in [3.63, 3.8) is 0 Å². The van der Waals surface area contributed by atoms with Crippen LogP contribution in [-0.2, 0) is 19.1 Å². The van der Waals surface area contributed by atoms with Gasteiger partial charge in [0.1, 0.15) is 17.9 Å². The van der Waals surface area contributed by atoms with E-state index in [4.69, 9.17) is 4.74 Å². The number of para-hydroxylation sites is 2. The Kier molecular flexibility index (Phi) is 7.77. The average Bonchev–Trinajstić information content (AvgIpc) is 2.51. The summed E-state index contributed by atoms with van der Waals surface area (Å²) in [7, 11) is 0. The molecule has 1 rings (SSSR count). The predicted molar refractivity (Wildman–Crippen MR) is 97.9 cm³/mol. The monoisotopic (exact) mass is 363 g/mol. The minimum Gasteiger partial charge on any atom is -0.444 e. The summed E-state index contributed by atoms with van der Waals surface area (Å²) in [6.07, 6.45) is -0.476. The van der Waals surface area contributed by atoms with Crippen LogP contribution in [0.15, 0.2) is 24.3 Å². The maximum atomic E-state index is 12.0. The number of alkyl carbamates (subject to hydrolysis) is 1. The number of carbonyl (C=O) groups is 4. The summed E-state index contributed by atoms with van der Waals surface area (Å²) >= 11 is 0. The van der Waals surface area contributed by atoms with Gasteiger partial charge in [-0.3, -0.25) is 9.59 Å². The van der Waals surface area contributed by atoms with Gasteiger partial charge < -0.3 is 25.5 Å². The van der Waals surface area contributed by atoms with Gasteiger partial charge in [-0.2, -0.15) is 0 Å². The first-order chi connectivity index (χ1) is 12.1. The molecule has 0 radical (unpaired) electrons. The second-order valence-electron chi connectivity index (χ2n) is 6.70. The topological polar surface area (TPSA) is 114 Å². The molecule has 1 aromatic rings. The standard InChI is InChI=1S/C18H25N3O5/c1-12(22)9-10-15(23)20-13-7-5-6-8-14(13)21-16(24)11-19-17(25)26-18(2,3)4/h5-8H,9-11H2,1-4H3,(H,19,25)(H,20,23)(H,21,24). The van der Waals surface area contributed by atoms with Crippen LogP contribution in [0.25, 0.3) is 0 Å². The second-order valence-corrected chi connectivity index (χ2v) is 6.70. The number of ketones is 1. The Morgan fingerprint density at radius 3 is 1.96 bits per heavy atom. The zero-order chi connectivity index (χ0) is 19.7. The van der Waals surface area contributed by atoms with E-state index in [0.717, 1.165) is 0 Å². The first-order valence-electron chi connectivity index (χ1n) is 8.22. The summed E-state index contributed by atoms with van der Waals surface area (Å²) in [5.41, 5.74) is 0.142. The molecule has 0 atom stereocenters. The molecule has 0 heterocycles. The Morgan fingerprint density at radius 2 is 1.46 bits per heavy atom. The highest BCUT2D eigenvalue weighted by atomic mass is 16.6. The molecule has 0 aromatic heterocycles. The van der Waals surface area contributed by atoms with Gasteiger partial charge in [0.2, 0.25) is 11.8 Å². The number of rotatable bonds is 7. The number of nitrogens with one attached hydrogen (secondary N) is 3. The number of anilines is 2. The number of hydrogen-bond acceptors (Lipinski definition) is 5. The van der Waals surface area contributed by atoms with Gasteiger partial charge in [-0.05, 0) is 39.8 Å². The number of carbonyl (C=O) groups excluding carboxylic acids is 4. The molecule has 1 aromatic carbocycles. The lowest BCUT2D eigenvalue weighted by Gasteiger charge is -2.19. The molecular formula is C18H25N3O5. The van der Waals surface area contributed by atoms with Crippen molar-refractivity contribution in [3.8, 4) is 0 Å². The van der Waals surface area contributed by atoms with Gasteiger partial charge in [0.25, 0.3) is 0 Å². The summed E-state index contributed by atoms with van der Waals surface area (Å²) in [6.45, 7) is 6.30. The third-order valence-electron chi connectivity index (χ3n) is 2.97. The van der Waals surface area contributed by atoms with Crippen LogP contribution in [0.4, 0.5) is 16.2 Å². The number of benzene rings is 1. The maximum absolute atomic E-state index is 12.0. The molecule has 3 N–H and O–H groups in total. The molecule has 8 heteroatoms. The number of Topliss-reactive ketones (excluding diaryl/α,β-unsaturated/α-hetero) is 1. The van der Waals surface area contributed by atoms with Crippen molar-refractivity contribution in [2.24, 2.45) is 0 Å². The van der Waals surface area contributed by atoms with E-state index in [1.165, 1.54) is 6.92 Å². The molecule has 142 valence electrons. The molecule has 0 unspecified atom stereocenters. The minimum absolute atomic E-state index is 0.0673. The van der Waals surface area contributed by atoms with Gasteiger partial charge in [0.15, 0.2) is 0 Å². The Bertz CT molecular complexity index is 680. The summed E-state index contributed by atoms with van der Waals surface area (Å²) in [5, 5.41) is 7.61. The second kappa shape index (κ2) is 9.55. The number of ether oxygens (including phenoxy) is 1. The van der Waals surface area contributed by atoms with E-state index >= 15 is 0 Å². The van der Waals surface area contributed by atoms with Crippen LogP contribution in [0, 0.1) is 0 Å². The smallest absolute Gasteiger partial charge is 0.408 e. The molecule has 0 aliphatic heterocycles. The molecular weight excluding hydrogens is 338 g/mol. The van der Waals surface area contributed by atoms with E-state index in [-0.39, 0.29) is 31.1 Å². The van der Waals surface area contributed by atoms with E-state index in [1.54, 1.807) is 45.0 Å². The fraction of sp³-hybridized carbons (Fsp3) is 0.444. The van der Waals surface area contributed by atoms with Crippen molar-refractivity contribution in [2.45, 2.75) is 46.1 Å². The summed E-state index contributed by atoms with van der Waals surface area (Å²) in [6, 6.07) is 6.64. The summed E-state index contributed by atoms with van der Waals surface area (Å²) in [5.74, 6) is -0.870. The van der Waals surface area contributed by atoms with E-state index in [0.29, 0.717) is 11.4 Å². The van der Waals surface area contributed by atoms with Gasteiger partial charge >= 0.3 is 6.09 Å². The molecule has 26 heavy (non-hydrogen) atoms. The fourth-order valence-electron chi connectivity index (χ4n) is 1.86. The quantitative estimate of drug-likeness (QED) is 0.688. The lowest BCUT2D eigenvalue weighted by molar-refractivity contribution is -0.121. The zero-order valence-corrected chi connectivity index (χ0v) is 15.5. The Labute approximate surface area is 152 Å². The van der Waals surface area contributed by atoms with Crippen molar-refractivity contribution in [1.29, 1.82) is 0 Å². The Morgan fingerprint density at radius 1 is 0.923 bits per heavy atom. The van der Waals surface area contributed by atoms with Gasteiger partial charge in [0.05, 0.1) is 11.4 Å². The highest BCUT2D eigenvalue weighted by Crippen LogP contribution is 2.21. The van der Waals surface area contributed by atoms with Crippen molar-refractivity contribution >= 4 is 35.1 Å². The van der Waals surface area contributed by atoms with Gasteiger partial charge in [0, 0.05) is 12.8 Å². The number of hydrogen-bond donors (Lipinski definition) is 3. The zero-order valence-electron chi connectivity index (χ0n) is 15.5. The lowest BCUT2D eigenvalue weighted by Crippen LogP contribution is -2.37. The Balaban J connectivity index is 2.59. The van der Waals surface area contributed by atoms with Crippen LogP contribution in [0.2, 0.25) is 0 Å². The highest BCUT2D eigenvalue weighted by Gasteiger charge is 2.17. The third kappa shape index (κ3) is 8.81. The molecule has 0 bridgehead atoms. The summed E-state index contributed by atoms with van der Waals surface area (Å²) < 4.78 is 5.05. The van der Waals surface area contributed by atoms with Crippen molar-refractivity contribution in [1.82, 2.24) is 5.32 Å².